The summed E-state index contributed by atoms with van der Waals surface area (Å²) in [6.45, 7) is 2.63. The first-order valence-corrected chi connectivity index (χ1v) is 7.15. The number of halogens is 1. The lowest BCUT2D eigenvalue weighted by Crippen LogP contribution is -2.37. The van der Waals surface area contributed by atoms with E-state index in [0.717, 1.165) is 18.9 Å². The van der Waals surface area contributed by atoms with E-state index in [1.54, 1.807) is 0 Å². The van der Waals surface area contributed by atoms with Gasteiger partial charge in [0.1, 0.15) is 18.2 Å². The molecular formula is C16H21FN2O3. The van der Waals surface area contributed by atoms with Crippen molar-refractivity contribution < 1.29 is 19.0 Å². The highest BCUT2D eigenvalue weighted by Crippen LogP contribution is 2.25. The summed E-state index contributed by atoms with van der Waals surface area (Å²) >= 11 is 0. The molecule has 0 radical (unpaired) electrons. The van der Waals surface area contributed by atoms with E-state index in [0.29, 0.717) is 12.2 Å². The summed E-state index contributed by atoms with van der Waals surface area (Å²) in [5, 5.41) is 11.7. The Morgan fingerprint density at radius 3 is 2.91 bits per heavy atom. The van der Waals surface area contributed by atoms with Crippen LogP contribution in [0.1, 0.15) is 19.8 Å². The second-order valence-electron chi connectivity index (χ2n) is 4.63. The van der Waals surface area contributed by atoms with Crippen LogP contribution in [0.4, 0.5) is 14.9 Å². The molecule has 0 spiro atoms. The van der Waals surface area contributed by atoms with Crippen LogP contribution in [0.25, 0.3) is 0 Å². The van der Waals surface area contributed by atoms with Crippen molar-refractivity contribution in [3.63, 3.8) is 0 Å². The number of amides is 2. The molecule has 0 unspecified atom stereocenters. The van der Waals surface area contributed by atoms with Crippen molar-refractivity contribution in [2.24, 2.45) is 0 Å². The van der Waals surface area contributed by atoms with Crippen molar-refractivity contribution in [2.45, 2.75) is 19.8 Å². The van der Waals surface area contributed by atoms with Crippen LogP contribution >= 0.6 is 0 Å². The molecule has 2 amide bonds. The maximum Gasteiger partial charge on any atom is 0.322 e. The van der Waals surface area contributed by atoms with Gasteiger partial charge in [0.2, 0.25) is 0 Å². The minimum absolute atomic E-state index is 0.0253. The van der Waals surface area contributed by atoms with Gasteiger partial charge in [-0.1, -0.05) is 19.3 Å². The second-order valence-corrected chi connectivity index (χ2v) is 4.63. The molecule has 22 heavy (non-hydrogen) atoms. The van der Waals surface area contributed by atoms with Crippen LogP contribution < -0.4 is 10.1 Å². The molecular weight excluding hydrogens is 287 g/mol. The van der Waals surface area contributed by atoms with Crippen molar-refractivity contribution in [1.82, 2.24) is 4.90 Å². The van der Waals surface area contributed by atoms with Gasteiger partial charge >= 0.3 is 6.03 Å². The van der Waals surface area contributed by atoms with Gasteiger partial charge in [-0.15, -0.1) is 6.42 Å². The molecule has 1 aromatic carbocycles. The van der Waals surface area contributed by atoms with E-state index in [1.165, 1.54) is 17.0 Å². The zero-order chi connectivity index (χ0) is 16.4. The number of anilines is 1. The van der Waals surface area contributed by atoms with Gasteiger partial charge in [0.25, 0.3) is 0 Å². The fourth-order valence-electron chi connectivity index (χ4n) is 1.82. The van der Waals surface area contributed by atoms with E-state index >= 15 is 0 Å². The van der Waals surface area contributed by atoms with Gasteiger partial charge in [0.05, 0.1) is 12.3 Å². The number of hydrogen-bond acceptors (Lipinski definition) is 3. The molecule has 0 heterocycles. The average molecular weight is 308 g/mol. The minimum Gasteiger partial charge on any atom is -0.479 e. The Kier molecular flexibility index (Phi) is 7.79. The highest BCUT2D eigenvalue weighted by atomic mass is 19.1. The van der Waals surface area contributed by atoms with Crippen LogP contribution in [0.3, 0.4) is 0 Å². The van der Waals surface area contributed by atoms with Crippen molar-refractivity contribution in [3.05, 3.63) is 24.0 Å². The summed E-state index contributed by atoms with van der Waals surface area (Å²) in [5.41, 5.74) is 0.334. The Bertz CT molecular complexity index is 529. The molecule has 5 nitrogen and oxygen atoms in total. The highest BCUT2D eigenvalue weighted by molar-refractivity contribution is 5.91. The molecule has 0 saturated heterocycles. The molecule has 120 valence electrons. The van der Waals surface area contributed by atoms with Crippen molar-refractivity contribution in [2.75, 3.05) is 31.6 Å². The molecule has 0 aliphatic carbocycles. The third-order valence-corrected chi connectivity index (χ3v) is 2.93. The maximum atomic E-state index is 13.3. The summed E-state index contributed by atoms with van der Waals surface area (Å²) in [6, 6.07) is 3.42. The number of carbonyl (C=O) groups excluding carboxylic acids is 1. The lowest BCUT2D eigenvalue weighted by molar-refractivity contribution is 0.187. The molecule has 0 aliphatic rings. The van der Waals surface area contributed by atoms with Gasteiger partial charge in [-0.3, -0.25) is 0 Å². The minimum atomic E-state index is -0.483. The quantitative estimate of drug-likeness (QED) is 0.725. The molecule has 2 N–H and O–H groups in total. The monoisotopic (exact) mass is 308 g/mol. The molecule has 0 aromatic heterocycles. The number of unbranched alkanes of at least 4 members (excludes halogenated alkanes) is 1. The van der Waals surface area contributed by atoms with Crippen LogP contribution in [0, 0.1) is 18.2 Å². The number of aliphatic hydroxyl groups is 1. The smallest absolute Gasteiger partial charge is 0.322 e. The normalized spacial score (nSPS) is 9.91. The first-order valence-electron chi connectivity index (χ1n) is 7.15. The van der Waals surface area contributed by atoms with Crippen molar-refractivity contribution >= 4 is 11.7 Å². The third kappa shape index (κ3) is 5.62. The van der Waals surface area contributed by atoms with E-state index in [1.807, 2.05) is 6.92 Å². The molecule has 0 atom stereocenters. The average Bonchev–Trinajstić information content (AvgIpc) is 2.51. The number of benzene rings is 1. The lowest BCUT2D eigenvalue weighted by atomic mass is 10.2. The van der Waals surface area contributed by atoms with E-state index in [-0.39, 0.29) is 31.5 Å². The van der Waals surface area contributed by atoms with Crippen LogP contribution in [0.15, 0.2) is 18.2 Å². The molecule has 0 aliphatic heterocycles. The van der Waals surface area contributed by atoms with E-state index < -0.39 is 5.82 Å². The molecule has 1 aromatic rings. The summed E-state index contributed by atoms with van der Waals surface area (Å²) in [6.07, 6.45) is 6.88. The first kappa shape index (κ1) is 17.8. The standard InChI is InChI=1S/C16H21FN2O3/c1-3-5-8-19(9-10-20)16(21)18-14-7-6-13(17)12-15(14)22-11-4-2/h2,6-7,12,20H,3,5,8-11H2,1H3,(H,18,21). The fourth-order valence-corrected chi connectivity index (χ4v) is 1.82. The van der Waals surface area contributed by atoms with Gasteiger partial charge in [-0.25, -0.2) is 9.18 Å². The number of urea groups is 1. The van der Waals surface area contributed by atoms with E-state index in [2.05, 4.69) is 11.2 Å². The molecule has 0 fully saturated rings. The summed E-state index contributed by atoms with van der Waals surface area (Å²) in [5.74, 6) is 1.98. The highest BCUT2D eigenvalue weighted by Gasteiger charge is 2.15. The number of rotatable bonds is 8. The number of ether oxygens (including phenoxy) is 1. The van der Waals surface area contributed by atoms with Crippen LogP contribution in [0.2, 0.25) is 0 Å². The maximum absolute atomic E-state index is 13.3. The number of aliphatic hydroxyl groups excluding tert-OH is 1. The zero-order valence-electron chi connectivity index (χ0n) is 12.6. The van der Waals surface area contributed by atoms with Crippen molar-refractivity contribution in [3.8, 4) is 18.1 Å². The van der Waals surface area contributed by atoms with Gasteiger partial charge in [0.15, 0.2) is 0 Å². The Morgan fingerprint density at radius 2 is 2.27 bits per heavy atom. The topological polar surface area (TPSA) is 61.8 Å². The largest absolute Gasteiger partial charge is 0.479 e. The van der Waals surface area contributed by atoms with Gasteiger partial charge < -0.3 is 20.1 Å². The van der Waals surface area contributed by atoms with Gasteiger partial charge in [0, 0.05) is 19.2 Å². The second kappa shape index (κ2) is 9.64. The lowest BCUT2D eigenvalue weighted by Gasteiger charge is -2.22. The van der Waals surface area contributed by atoms with Crippen LogP contribution in [0.5, 0.6) is 5.75 Å². The Labute approximate surface area is 130 Å². The predicted octanol–water partition coefficient (Wildman–Crippen LogP) is 2.46. The number of terminal acetylenes is 1. The van der Waals surface area contributed by atoms with E-state index in [9.17, 15) is 9.18 Å². The number of carbonyl (C=O) groups is 1. The zero-order valence-corrected chi connectivity index (χ0v) is 12.6. The summed E-state index contributed by atoms with van der Waals surface area (Å²) < 4.78 is 18.5. The molecule has 1 rings (SSSR count). The van der Waals surface area contributed by atoms with Crippen molar-refractivity contribution in [1.29, 1.82) is 0 Å². The Hall–Kier alpha value is -2.26. The van der Waals surface area contributed by atoms with E-state index in [4.69, 9.17) is 16.3 Å². The number of nitrogens with one attached hydrogen (secondary N) is 1. The van der Waals surface area contributed by atoms with Gasteiger partial charge in [-0.05, 0) is 18.6 Å². The Balaban J connectivity index is 2.82. The predicted molar refractivity (Wildman–Crippen MR) is 83.3 cm³/mol. The number of nitrogens with zero attached hydrogens (tertiary/aromatic N) is 1. The van der Waals surface area contributed by atoms with Crippen LogP contribution in [-0.2, 0) is 0 Å². The van der Waals surface area contributed by atoms with Crippen LogP contribution in [-0.4, -0.2) is 42.3 Å². The molecule has 0 bridgehead atoms. The first-order chi connectivity index (χ1) is 10.6. The third-order valence-electron chi connectivity index (χ3n) is 2.93. The Morgan fingerprint density at radius 1 is 1.50 bits per heavy atom. The number of hydrogen-bond donors (Lipinski definition) is 2. The summed E-state index contributed by atoms with van der Waals surface area (Å²) in [4.78, 5) is 13.7. The SMILES string of the molecule is C#CCOc1cc(F)ccc1NC(=O)N(CCO)CCCC. The van der Waals surface area contributed by atoms with Gasteiger partial charge in [-0.2, -0.15) is 0 Å². The summed E-state index contributed by atoms with van der Waals surface area (Å²) in [7, 11) is 0. The molecule has 0 saturated carbocycles. The molecule has 6 heteroatoms. The fraction of sp³-hybridized carbons (Fsp3) is 0.438.